The molecule has 2 atom stereocenters. The monoisotopic (exact) mass is 275 g/mol. The average Bonchev–Trinajstić information content (AvgIpc) is 2.35. The zero-order chi connectivity index (χ0) is 14.6. The van der Waals surface area contributed by atoms with Crippen LogP contribution in [-0.2, 0) is 16.1 Å². The van der Waals surface area contributed by atoms with Crippen LogP contribution in [0.4, 0.5) is 4.39 Å². The third kappa shape index (κ3) is 3.73. The number of aromatic amines is 1. The minimum Gasteiger partial charge on any atom is -0.465 e. The van der Waals surface area contributed by atoms with Gasteiger partial charge in [0.1, 0.15) is 6.04 Å². The van der Waals surface area contributed by atoms with Crippen molar-refractivity contribution in [2.45, 2.75) is 25.6 Å². The van der Waals surface area contributed by atoms with Crippen LogP contribution in [0.3, 0.4) is 0 Å². The molecule has 0 unspecified atom stereocenters. The zero-order valence-electron chi connectivity index (χ0n) is 10.1. The van der Waals surface area contributed by atoms with E-state index in [0.717, 1.165) is 0 Å². The number of aliphatic hydroxyl groups excluding tert-OH is 1. The second kappa shape index (κ2) is 6.25. The van der Waals surface area contributed by atoms with Crippen LogP contribution in [0.5, 0.6) is 0 Å². The van der Waals surface area contributed by atoms with E-state index >= 15 is 0 Å². The maximum Gasteiger partial charge on any atom is 0.328 e. The lowest BCUT2D eigenvalue weighted by atomic mass is 10.2. The van der Waals surface area contributed by atoms with Crippen LogP contribution in [0.25, 0.3) is 0 Å². The van der Waals surface area contributed by atoms with Gasteiger partial charge in [-0.15, -0.1) is 0 Å². The van der Waals surface area contributed by atoms with Crippen molar-refractivity contribution in [3.8, 4) is 0 Å². The highest BCUT2D eigenvalue weighted by Gasteiger charge is 2.24. The summed E-state index contributed by atoms with van der Waals surface area (Å²) in [4.78, 5) is 35.1. The van der Waals surface area contributed by atoms with E-state index in [1.165, 1.54) is 0 Å². The van der Waals surface area contributed by atoms with Gasteiger partial charge in [0.15, 0.2) is 0 Å². The fourth-order valence-electron chi connectivity index (χ4n) is 1.33. The molecule has 0 saturated carbocycles. The number of rotatable bonds is 5. The van der Waals surface area contributed by atoms with E-state index in [1.807, 2.05) is 0 Å². The topological polar surface area (TPSA) is 127 Å². The summed E-state index contributed by atoms with van der Waals surface area (Å²) in [5, 5.41) is 9.65. The van der Waals surface area contributed by atoms with Crippen molar-refractivity contribution < 1.29 is 19.0 Å². The summed E-state index contributed by atoms with van der Waals surface area (Å²) in [6, 6.07) is -1.37. The van der Waals surface area contributed by atoms with Crippen LogP contribution in [0, 0.1) is 5.82 Å². The summed E-state index contributed by atoms with van der Waals surface area (Å²) >= 11 is 0. The van der Waals surface area contributed by atoms with Gasteiger partial charge in [0, 0.05) is 0 Å². The van der Waals surface area contributed by atoms with Gasteiger partial charge in [0.05, 0.1) is 25.5 Å². The Kier molecular flexibility index (Phi) is 4.95. The summed E-state index contributed by atoms with van der Waals surface area (Å²) < 4.78 is 18.3. The van der Waals surface area contributed by atoms with Crippen molar-refractivity contribution >= 4 is 5.97 Å². The molecule has 0 saturated heterocycles. The molecule has 1 rings (SSSR count). The number of hydrogen-bond donors (Lipinski definition) is 3. The van der Waals surface area contributed by atoms with E-state index in [1.54, 1.807) is 11.9 Å². The first-order chi connectivity index (χ1) is 8.86. The first-order valence-corrected chi connectivity index (χ1v) is 5.46. The Balaban J connectivity index is 2.85. The number of ether oxygens (including phenoxy) is 1. The predicted molar refractivity (Wildman–Crippen MR) is 61.9 cm³/mol. The van der Waals surface area contributed by atoms with Crippen molar-refractivity contribution in [3.63, 3.8) is 0 Å². The van der Waals surface area contributed by atoms with Crippen LogP contribution < -0.4 is 17.0 Å². The number of halogens is 1. The number of carbonyl (C=O) groups excluding carboxylic acids is 1. The molecule has 0 amide bonds. The first kappa shape index (κ1) is 15.1. The van der Waals surface area contributed by atoms with Crippen molar-refractivity contribution in [1.29, 1.82) is 0 Å². The highest BCUT2D eigenvalue weighted by Crippen LogP contribution is 1.97. The van der Waals surface area contributed by atoms with Crippen molar-refractivity contribution in [2.24, 2.45) is 5.73 Å². The van der Waals surface area contributed by atoms with Gasteiger partial charge in [-0.2, -0.15) is 4.39 Å². The number of aromatic nitrogens is 2. The van der Waals surface area contributed by atoms with Gasteiger partial charge in [-0.1, -0.05) is 0 Å². The number of nitrogens with two attached hydrogens (primary N) is 1. The summed E-state index contributed by atoms with van der Waals surface area (Å²) in [6.45, 7) is 1.21. The number of nitrogens with one attached hydrogen (secondary N) is 1. The van der Waals surface area contributed by atoms with Crippen molar-refractivity contribution in [2.75, 3.05) is 6.61 Å². The lowest BCUT2D eigenvalue weighted by molar-refractivity contribution is -0.147. The molecule has 8 nitrogen and oxygen atoms in total. The molecular weight excluding hydrogens is 261 g/mol. The molecule has 9 heteroatoms. The molecule has 1 aromatic rings. The minimum atomic E-state index is -1.46. The normalized spacial score (nSPS) is 13.9. The van der Waals surface area contributed by atoms with Crippen molar-refractivity contribution in [1.82, 2.24) is 9.55 Å². The van der Waals surface area contributed by atoms with E-state index in [0.29, 0.717) is 10.8 Å². The third-order valence-electron chi connectivity index (χ3n) is 2.32. The molecule has 1 heterocycles. The van der Waals surface area contributed by atoms with Gasteiger partial charge in [0.2, 0.25) is 5.82 Å². The smallest absolute Gasteiger partial charge is 0.328 e. The third-order valence-corrected chi connectivity index (χ3v) is 2.32. The number of aliphatic hydroxyl groups is 1. The summed E-state index contributed by atoms with van der Waals surface area (Å²) in [6.07, 6.45) is -0.829. The Morgan fingerprint density at radius 2 is 2.26 bits per heavy atom. The summed E-state index contributed by atoms with van der Waals surface area (Å²) in [7, 11) is 0. The maximum atomic E-state index is 13.0. The number of hydrogen-bond acceptors (Lipinski definition) is 6. The second-order valence-electron chi connectivity index (χ2n) is 3.73. The van der Waals surface area contributed by atoms with Gasteiger partial charge in [-0.3, -0.25) is 19.1 Å². The van der Waals surface area contributed by atoms with Crippen LogP contribution in [0.2, 0.25) is 0 Å². The molecule has 106 valence electrons. The molecule has 0 aliphatic rings. The lowest BCUT2D eigenvalue weighted by Crippen LogP contribution is -2.47. The zero-order valence-corrected chi connectivity index (χ0v) is 10.1. The van der Waals surface area contributed by atoms with E-state index in [2.05, 4.69) is 4.74 Å². The number of H-pyrrole nitrogens is 1. The van der Waals surface area contributed by atoms with Gasteiger partial charge in [-0.25, -0.2) is 4.79 Å². The number of esters is 1. The standard InChI is InChI=1S/C10H14FN3O5/c1-2-19-9(17)7(12)6(15)4-14-3-5(11)8(16)13-10(14)18/h3,6-7,15H,2,4,12H2,1H3,(H,13,16,18)/t6-,7-/m0/s1. The lowest BCUT2D eigenvalue weighted by Gasteiger charge is -2.17. The van der Waals surface area contributed by atoms with Crippen LogP contribution in [0.15, 0.2) is 15.8 Å². The Morgan fingerprint density at radius 1 is 1.63 bits per heavy atom. The van der Waals surface area contributed by atoms with Crippen LogP contribution >= 0.6 is 0 Å². The molecule has 0 aliphatic carbocycles. The Hall–Kier alpha value is -2.00. The molecule has 0 radical (unpaired) electrons. The van der Waals surface area contributed by atoms with E-state index in [4.69, 9.17) is 5.73 Å². The van der Waals surface area contributed by atoms with Gasteiger partial charge in [0.25, 0.3) is 5.56 Å². The maximum absolute atomic E-state index is 13.0. The Labute approximate surface area is 106 Å². The predicted octanol–water partition coefficient (Wildman–Crippen LogP) is -2.07. The minimum absolute atomic E-state index is 0.0898. The van der Waals surface area contributed by atoms with Gasteiger partial charge < -0.3 is 15.6 Å². The Morgan fingerprint density at radius 3 is 2.84 bits per heavy atom. The average molecular weight is 275 g/mol. The number of carbonyl (C=O) groups is 1. The highest BCUT2D eigenvalue weighted by atomic mass is 19.1. The highest BCUT2D eigenvalue weighted by molar-refractivity contribution is 5.76. The van der Waals surface area contributed by atoms with Crippen LogP contribution in [0.1, 0.15) is 6.92 Å². The second-order valence-corrected chi connectivity index (χ2v) is 3.73. The molecule has 1 aromatic heterocycles. The molecule has 0 aromatic carbocycles. The van der Waals surface area contributed by atoms with Gasteiger partial charge >= 0.3 is 11.7 Å². The molecule has 0 spiro atoms. The van der Waals surface area contributed by atoms with Crippen molar-refractivity contribution in [3.05, 3.63) is 32.9 Å². The van der Waals surface area contributed by atoms with E-state index in [-0.39, 0.29) is 6.61 Å². The molecule has 4 N–H and O–H groups in total. The number of nitrogens with zero attached hydrogens (tertiary/aromatic N) is 1. The Bertz CT molecular complexity index is 567. The molecule has 0 fully saturated rings. The van der Waals surface area contributed by atoms with Gasteiger partial charge in [-0.05, 0) is 6.92 Å². The quantitative estimate of drug-likeness (QED) is 0.529. The summed E-state index contributed by atoms with van der Waals surface area (Å²) in [5.41, 5.74) is 3.33. The summed E-state index contributed by atoms with van der Waals surface area (Å²) in [5.74, 6) is -2.02. The molecule has 0 aliphatic heterocycles. The van der Waals surface area contributed by atoms with Crippen LogP contribution in [-0.4, -0.2) is 39.4 Å². The molecule has 0 bridgehead atoms. The van der Waals surface area contributed by atoms with E-state index < -0.39 is 41.7 Å². The SMILES string of the molecule is CCOC(=O)[C@@H](N)[C@@H](O)Cn1cc(F)c(=O)[nH]c1=O. The first-order valence-electron chi connectivity index (χ1n) is 5.46. The fraction of sp³-hybridized carbons (Fsp3) is 0.500. The fourth-order valence-corrected chi connectivity index (χ4v) is 1.33. The largest absolute Gasteiger partial charge is 0.465 e. The molecule has 19 heavy (non-hydrogen) atoms. The molecular formula is C10H14FN3O5. The van der Waals surface area contributed by atoms with E-state index in [9.17, 15) is 23.9 Å².